The average molecular weight is 1120 g/mol. The van der Waals surface area contributed by atoms with E-state index in [9.17, 15) is 97.0 Å². The average Bonchev–Trinajstić information content (AvgIpc) is 4.28. The Bertz CT molecular complexity index is 1840. The highest BCUT2D eigenvalue weighted by Gasteiger charge is 2.63. The van der Waals surface area contributed by atoms with Crippen molar-refractivity contribution in [3.05, 3.63) is 0 Å². The molecule has 0 aromatic heterocycles. The number of rotatable bonds is 7. The van der Waals surface area contributed by atoms with E-state index in [4.69, 9.17) is 71.1 Å². The van der Waals surface area contributed by atoms with Crippen molar-refractivity contribution in [2.24, 2.45) is 0 Å². The predicted octanol–water partition coefficient (Wildman–Crippen LogP) is -14.2. The minimum Gasteiger partial charge on any atom is -0.394 e. The highest BCUT2D eigenvalue weighted by Crippen LogP contribution is 2.43. The molecule has 35 atom stereocenters. The number of aliphatic hydroxyl groups is 19. The normalized spacial score (nSPS) is 56.3. The molecule has 14 bridgehead atoms. The van der Waals surface area contributed by atoms with Crippen molar-refractivity contribution in [1.29, 1.82) is 0 Å². The van der Waals surface area contributed by atoms with E-state index >= 15 is 0 Å². The van der Waals surface area contributed by atoms with Gasteiger partial charge in [-0.05, 0) is 0 Å². The number of ether oxygens (including phenoxy) is 15. The van der Waals surface area contributed by atoms with E-state index in [-0.39, 0.29) is 0 Å². The Kier molecular flexibility index (Phi) is 19.2. The minimum atomic E-state index is -2.18. The van der Waals surface area contributed by atoms with Crippen molar-refractivity contribution < 1.29 is 168 Å². The Morgan fingerprint density at radius 3 is 0.539 bits per heavy atom. The molecule has 0 aromatic rings. The summed E-state index contributed by atoms with van der Waals surface area (Å²) < 4.78 is 86.4. The summed E-state index contributed by atoms with van der Waals surface area (Å²) in [5.74, 6) is 0. The number of epoxide rings is 1. The van der Waals surface area contributed by atoms with Crippen LogP contribution in [-0.4, -0.2) is 358 Å². The smallest absolute Gasteiger partial charge is 0.187 e. The van der Waals surface area contributed by atoms with Gasteiger partial charge in [0, 0.05) is 0 Å². The molecule has 19 N–H and O–H groups in total. The second-order valence-electron chi connectivity index (χ2n) is 19.7. The first-order chi connectivity index (χ1) is 36.3. The fraction of sp³-hybridized carbons (Fsp3) is 1.00. The molecule has 0 unspecified atom stereocenters. The Labute approximate surface area is 428 Å². The lowest BCUT2D eigenvalue weighted by Gasteiger charge is -2.50. The summed E-state index contributed by atoms with van der Waals surface area (Å²) >= 11 is 0. The maximum Gasteiger partial charge on any atom is 0.187 e. The van der Waals surface area contributed by atoms with Crippen LogP contribution in [0.3, 0.4) is 0 Å². The zero-order valence-corrected chi connectivity index (χ0v) is 39.8. The largest absolute Gasteiger partial charge is 0.394 e. The van der Waals surface area contributed by atoms with Gasteiger partial charge in [0.2, 0.25) is 0 Å². The first-order valence-electron chi connectivity index (χ1n) is 24.6. The molecule has 76 heavy (non-hydrogen) atoms. The topological polar surface area (TPSA) is 526 Å². The molecule has 21 fully saturated rings. The Hall–Kier alpha value is -1.36. The number of hydrogen-bond donors (Lipinski definition) is 19. The molecule has 21 heterocycles. The molecule has 0 amide bonds. The zero-order chi connectivity index (χ0) is 54.8. The maximum absolute atomic E-state index is 11.4. The fourth-order valence-electron chi connectivity index (χ4n) is 10.7. The van der Waals surface area contributed by atoms with Gasteiger partial charge in [0.1, 0.15) is 171 Å². The van der Waals surface area contributed by atoms with Crippen LogP contribution >= 0.6 is 0 Å². The van der Waals surface area contributed by atoms with Crippen LogP contribution in [0.5, 0.6) is 0 Å². The van der Waals surface area contributed by atoms with Gasteiger partial charge in [-0.1, -0.05) is 0 Å². The summed E-state index contributed by atoms with van der Waals surface area (Å²) in [5.41, 5.74) is 0. The van der Waals surface area contributed by atoms with E-state index in [1.807, 2.05) is 0 Å². The van der Waals surface area contributed by atoms with E-state index in [1.54, 1.807) is 0 Å². The molecule has 34 heteroatoms. The van der Waals surface area contributed by atoms with E-state index in [0.29, 0.717) is 0 Å². The van der Waals surface area contributed by atoms with E-state index in [0.717, 1.165) is 0 Å². The lowest BCUT2D eigenvalue weighted by Crippen LogP contribution is -2.68. The van der Waals surface area contributed by atoms with E-state index in [1.165, 1.54) is 0 Å². The molecular formula is C42H68O34. The van der Waals surface area contributed by atoms with Gasteiger partial charge in [0.15, 0.2) is 44.0 Å². The number of aliphatic hydroxyl groups excluding tert-OH is 19. The zero-order valence-electron chi connectivity index (χ0n) is 39.8. The third-order valence-corrected chi connectivity index (χ3v) is 15.0. The van der Waals surface area contributed by atoms with Crippen LogP contribution in [0.2, 0.25) is 0 Å². The van der Waals surface area contributed by atoms with Gasteiger partial charge in [-0.3, -0.25) is 0 Å². The van der Waals surface area contributed by atoms with Crippen molar-refractivity contribution in [3.63, 3.8) is 0 Å². The van der Waals surface area contributed by atoms with E-state index in [2.05, 4.69) is 0 Å². The fourth-order valence-corrected chi connectivity index (χ4v) is 10.7. The standard InChI is InChI=1S/C42H68O34/c43-1-8-27-15(50)22(57)37(63-8)72-29-10(3-45)65-39(24(59)17(29)52)74-31-12(5-47)67-41(26(61)19(31)54)76-33-14(7-49)68-42(35-34(33)69-35)75-32-13(6-48)66-40(25(60)20(32)55)73-30-11(4-46)64-38(23(58)18(30)53)71-28-9(2-44)62-36(70-27)21(56)16(28)51/h8-61H,1-7H2/t8-,9-,10-,11-,12-,13-,14-,15-,16-,17-,18-,19-,20-,21-,22-,23-,24-,25-,26-,27-,28-,29-,30-,31-,32-,33-,34+,35+,36-,37-,38-,39-,40-,41-,42-/m1/s1. The summed E-state index contributed by atoms with van der Waals surface area (Å²) in [6.45, 7) is -6.76. The van der Waals surface area contributed by atoms with Gasteiger partial charge in [-0.2, -0.15) is 0 Å². The molecule has 21 aliphatic heterocycles. The molecule has 0 aliphatic carbocycles. The molecule has 34 nitrogen and oxygen atoms in total. The lowest BCUT2D eigenvalue weighted by atomic mass is 9.95. The quantitative estimate of drug-likeness (QED) is 0.105. The molecule has 0 aromatic carbocycles. The first-order valence-corrected chi connectivity index (χ1v) is 24.6. The van der Waals surface area contributed by atoms with E-state index < -0.39 is 261 Å². The van der Waals surface area contributed by atoms with Gasteiger partial charge >= 0.3 is 0 Å². The summed E-state index contributed by atoms with van der Waals surface area (Å²) in [6, 6.07) is 0. The van der Waals surface area contributed by atoms with Crippen molar-refractivity contribution in [1.82, 2.24) is 0 Å². The summed E-state index contributed by atoms with van der Waals surface area (Å²) in [6.07, 6.45) is -64.2. The third kappa shape index (κ3) is 11.2. The Balaban J connectivity index is 0.984. The second kappa shape index (κ2) is 24.6. The highest BCUT2D eigenvalue weighted by molar-refractivity contribution is 5.05. The van der Waals surface area contributed by atoms with Crippen LogP contribution in [0, 0.1) is 0 Å². The third-order valence-electron chi connectivity index (χ3n) is 15.0. The van der Waals surface area contributed by atoms with Crippen LogP contribution in [0.25, 0.3) is 0 Å². The molecule has 21 saturated heterocycles. The molecule has 0 spiro atoms. The minimum absolute atomic E-state index is 0.822. The van der Waals surface area contributed by atoms with Crippen molar-refractivity contribution in [2.75, 3.05) is 46.2 Å². The van der Waals surface area contributed by atoms with Gasteiger partial charge in [-0.25, -0.2) is 0 Å². The Morgan fingerprint density at radius 1 is 0.158 bits per heavy atom. The number of hydrogen-bond acceptors (Lipinski definition) is 34. The summed E-state index contributed by atoms with van der Waals surface area (Å²) in [7, 11) is 0. The van der Waals surface area contributed by atoms with Crippen LogP contribution in [0.1, 0.15) is 0 Å². The summed E-state index contributed by atoms with van der Waals surface area (Å²) in [5, 5.41) is 208. The molecule has 0 saturated carbocycles. The van der Waals surface area contributed by atoms with Crippen molar-refractivity contribution in [2.45, 2.75) is 215 Å². The van der Waals surface area contributed by atoms with Crippen LogP contribution in [-0.2, 0) is 71.1 Å². The molecule has 21 rings (SSSR count). The van der Waals surface area contributed by atoms with Gasteiger partial charge in [-0.15, -0.1) is 0 Å². The highest BCUT2D eigenvalue weighted by atomic mass is 16.8. The SMILES string of the molecule is OC[C@H]1O[C@@H]2O[C@H]3[C@H](O)[C@@H](O)[C@@H](O[C@H]4[C@H](O)[C@@H](O)[C@@H](O[C@H]5[C@@H]6O[C@@H]6[C@@H](O[C@H]6[C@H](O)[C@@H](O)[C@@H](O[C@H]7[C@H](O)[C@@H](O)[C@@H](O[C@H]8[C@H](O)[C@@H](O)[C@@H](O[C@H]1[C@H](O)[C@H]2O)O[C@@H]8CO)O[C@@H]7CO)O[C@@H]6CO)O[C@@H]5CO)O[C@@H]4CO)O[C@@H]3CO. The summed E-state index contributed by atoms with van der Waals surface area (Å²) in [4.78, 5) is 0. The Morgan fingerprint density at radius 2 is 0.329 bits per heavy atom. The van der Waals surface area contributed by atoms with Crippen LogP contribution < -0.4 is 0 Å². The monoisotopic (exact) mass is 1120 g/mol. The molecule has 21 aliphatic rings. The van der Waals surface area contributed by atoms with Crippen LogP contribution in [0.4, 0.5) is 0 Å². The first kappa shape index (κ1) is 59.3. The lowest BCUT2D eigenvalue weighted by molar-refractivity contribution is -0.396. The van der Waals surface area contributed by atoms with Gasteiger partial charge < -0.3 is 168 Å². The van der Waals surface area contributed by atoms with Crippen LogP contribution in [0.15, 0.2) is 0 Å². The molecular weight excluding hydrogens is 1050 g/mol. The molecule has 0 radical (unpaired) electrons. The van der Waals surface area contributed by atoms with Crippen molar-refractivity contribution >= 4 is 0 Å². The maximum atomic E-state index is 11.4. The van der Waals surface area contributed by atoms with Gasteiger partial charge in [0.25, 0.3) is 0 Å². The predicted molar refractivity (Wildman–Crippen MR) is 225 cm³/mol. The molecule has 440 valence electrons. The van der Waals surface area contributed by atoms with Gasteiger partial charge in [0.05, 0.1) is 46.2 Å². The number of fused-ring (bicyclic) bond motifs is 1. The van der Waals surface area contributed by atoms with Crippen molar-refractivity contribution in [3.8, 4) is 0 Å². The second-order valence-corrected chi connectivity index (χ2v) is 19.7.